The molecule has 0 N–H and O–H groups in total. The van der Waals surface area contributed by atoms with Gasteiger partial charge in [-0.05, 0) is 6.92 Å². The van der Waals surface area contributed by atoms with Gasteiger partial charge in [0.25, 0.3) is 0 Å². The van der Waals surface area contributed by atoms with Crippen LogP contribution < -0.4 is 0 Å². The van der Waals surface area contributed by atoms with E-state index in [0.29, 0.717) is 6.61 Å². The Balaban J connectivity index is 3.11. The van der Waals surface area contributed by atoms with Crippen LogP contribution in [0.2, 0.25) is 0 Å². The van der Waals surface area contributed by atoms with E-state index in [1.165, 1.54) is 0 Å². The van der Waals surface area contributed by atoms with Crippen LogP contribution in [0.3, 0.4) is 0 Å². The van der Waals surface area contributed by atoms with Gasteiger partial charge in [0.15, 0.2) is 0 Å². The maximum Gasteiger partial charge on any atom is 0.365 e. The minimum atomic E-state index is -0.563. The number of carbonyl (C=O) groups excluding carboxylic acids is 1. The molecule has 3 heteroatoms. The highest BCUT2D eigenvalue weighted by Crippen LogP contribution is 1.79. The molecule has 46 valence electrons. The zero-order valence-electron chi connectivity index (χ0n) is 4.72. The topological polar surface area (TPSA) is 35.5 Å². The van der Waals surface area contributed by atoms with Crippen LogP contribution in [0.4, 0.5) is 0 Å². The van der Waals surface area contributed by atoms with Crippen molar-refractivity contribution < 1.29 is 14.6 Å². The van der Waals surface area contributed by atoms with Crippen molar-refractivity contribution in [1.29, 1.82) is 0 Å². The smallest absolute Gasteiger partial charge is 0.294 e. The lowest BCUT2D eigenvalue weighted by Gasteiger charge is -1.93. The molecule has 0 saturated heterocycles. The fraction of sp³-hybridized carbons (Fsp3) is 0.400. The van der Waals surface area contributed by atoms with Crippen molar-refractivity contribution in [2.24, 2.45) is 0 Å². The Labute approximate surface area is 47.8 Å². The first-order valence-electron chi connectivity index (χ1n) is 2.27. The second-order valence-corrected chi connectivity index (χ2v) is 1.01. The van der Waals surface area contributed by atoms with E-state index in [1.807, 2.05) is 0 Å². The summed E-state index contributed by atoms with van der Waals surface area (Å²) in [5.74, 6) is -0.563. The molecule has 0 aromatic heterocycles. The molecule has 0 amide bonds. The summed E-state index contributed by atoms with van der Waals surface area (Å²) in [5, 5.41) is 0. The van der Waals surface area contributed by atoms with Gasteiger partial charge in [-0.25, -0.2) is 4.79 Å². The van der Waals surface area contributed by atoms with E-state index in [9.17, 15) is 4.79 Å². The maximum absolute atomic E-state index is 10.1. The van der Waals surface area contributed by atoms with Gasteiger partial charge in [0.2, 0.25) is 0 Å². The van der Waals surface area contributed by atoms with Gasteiger partial charge in [-0.1, -0.05) is 6.58 Å². The van der Waals surface area contributed by atoms with Crippen LogP contribution in [0.5, 0.6) is 0 Å². The monoisotopic (exact) mass is 116 g/mol. The van der Waals surface area contributed by atoms with Crippen molar-refractivity contribution in [2.45, 2.75) is 6.92 Å². The molecule has 0 atom stereocenters. The molecule has 0 aliphatic rings. The Morgan fingerprint density at radius 2 is 2.50 bits per heavy atom. The highest BCUT2D eigenvalue weighted by Gasteiger charge is 1.91. The summed E-state index contributed by atoms with van der Waals surface area (Å²) in [6.07, 6.45) is 1.04. The van der Waals surface area contributed by atoms with Crippen molar-refractivity contribution in [3.63, 3.8) is 0 Å². The van der Waals surface area contributed by atoms with E-state index in [1.54, 1.807) is 6.92 Å². The third-order valence-corrected chi connectivity index (χ3v) is 0.426. The molecular weight excluding hydrogens is 108 g/mol. The highest BCUT2D eigenvalue weighted by molar-refractivity contribution is 5.80. The van der Waals surface area contributed by atoms with Crippen LogP contribution in [0.25, 0.3) is 0 Å². The van der Waals surface area contributed by atoms with Crippen LogP contribution in [0.1, 0.15) is 6.92 Å². The van der Waals surface area contributed by atoms with Crippen LogP contribution in [-0.2, 0) is 14.6 Å². The molecule has 3 nitrogen and oxygen atoms in total. The third kappa shape index (κ3) is 3.36. The zero-order valence-corrected chi connectivity index (χ0v) is 4.72. The molecule has 0 aromatic rings. The van der Waals surface area contributed by atoms with Gasteiger partial charge in [-0.2, -0.15) is 4.89 Å². The summed E-state index contributed by atoms with van der Waals surface area (Å²) in [5.41, 5.74) is 0. The second kappa shape index (κ2) is 4.33. The number of hydrogen-bond acceptors (Lipinski definition) is 3. The van der Waals surface area contributed by atoms with E-state index in [-0.39, 0.29) is 0 Å². The lowest BCUT2D eigenvalue weighted by atomic mass is 10.7. The summed E-state index contributed by atoms with van der Waals surface area (Å²) < 4.78 is 0. The lowest BCUT2D eigenvalue weighted by Crippen LogP contribution is -2.00. The molecular formula is C5H8O3. The van der Waals surface area contributed by atoms with E-state index < -0.39 is 5.97 Å². The molecule has 0 fully saturated rings. The molecule has 0 aliphatic heterocycles. The van der Waals surface area contributed by atoms with Gasteiger partial charge in [0.05, 0.1) is 6.61 Å². The normalized spacial score (nSPS) is 8.12. The highest BCUT2D eigenvalue weighted by atomic mass is 17.2. The largest absolute Gasteiger partial charge is 0.365 e. The van der Waals surface area contributed by atoms with Crippen LogP contribution in [0.15, 0.2) is 12.7 Å². The molecule has 0 heterocycles. The zero-order chi connectivity index (χ0) is 6.41. The second-order valence-electron chi connectivity index (χ2n) is 1.01. The van der Waals surface area contributed by atoms with Gasteiger partial charge in [0, 0.05) is 6.08 Å². The molecule has 8 heavy (non-hydrogen) atoms. The summed E-state index contributed by atoms with van der Waals surface area (Å²) in [6, 6.07) is 0. The molecule has 0 saturated carbocycles. The maximum atomic E-state index is 10.1. The van der Waals surface area contributed by atoms with Crippen molar-refractivity contribution >= 4 is 5.97 Å². The Bertz CT molecular complexity index is 87.7. The van der Waals surface area contributed by atoms with Crippen LogP contribution in [-0.4, -0.2) is 12.6 Å². The van der Waals surface area contributed by atoms with Gasteiger partial charge in [0.1, 0.15) is 0 Å². The van der Waals surface area contributed by atoms with E-state index >= 15 is 0 Å². The average molecular weight is 116 g/mol. The Hall–Kier alpha value is -0.830. The summed E-state index contributed by atoms with van der Waals surface area (Å²) in [7, 11) is 0. The Kier molecular flexibility index (Phi) is 3.88. The first-order chi connectivity index (χ1) is 3.81. The van der Waals surface area contributed by atoms with Crippen LogP contribution >= 0.6 is 0 Å². The number of carbonyl (C=O) groups is 1. The van der Waals surface area contributed by atoms with Gasteiger partial charge in [-0.15, -0.1) is 0 Å². The Morgan fingerprint density at radius 1 is 1.88 bits per heavy atom. The van der Waals surface area contributed by atoms with E-state index in [4.69, 9.17) is 0 Å². The average Bonchev–Trinajstić information content (AvgIpc) is 1.83. The minimum absolute atomic E-state index is 0.361. The number of rotatable bonds is 3. The van der Waals surface area contributed by atoms with Crippen molar-refractivity contribution in [1.82, 2.24) is 0 Å². The SMILES string of the molecule is C=CC(=O)OOCC. The van der Waals surface area contributed by atoms with E-state index in [2.05, 4.69) is 16.4 Å². The number of hydrogen-bond donors (Lipinski definition) is 0. The fourth-order valence-electron chi connectivity index (χ4n) is 0.151. The molecule has 0 rings (SSSR count). The summed E-state index contributed by atoms with van der Waals surface area (Å²) in [4.78, 5) is 18.5. The molecule has 0 spiro atoms. The minimum Gasteiger partial charge on any atom is -0.294 e. The standard InChI is InChI=1S/C5H8O3/c1-3-5(6)8-7-4-2/h3H,1,4H2,2H3. The van der Waals surface area contributed by atoms with E-state index in [0.717, 1.165) is 6.08 Å². The first kappa shape index (κ1) is 7.17. The molecule has 0 bridgehead atoms. The Morgan fingerprint density at radius 3 is 2.88 bits per heavy atom. The van der Waals surface area contributed by atoms with Gasteiger partial charge in [-0.3, -0.25) is 4.89 Å². The molecule has 0 radical (unpaired) electrons. The van der Waals surface area contributed by atoms with Gasteiger partial charge >= 0.3 is 5.97 Å². The lowest BCUT2D eigenvalue weighted by molar-refractivity contribution is -0.264. The summed E-state index contributed by atoms with van der Waals surface area (Å²) >= 11 is 0. The molecule has 0 unspecified atom stereocenters. The first-order valence-corrected chi connectivity index (χ1v) is 2.27. The molecule has 0 aromatic carbocycles. The molecule has 0 aliphatic carbocycles. The summed E-state index contributed by atoms with van der Waals surface area (Å²) in [6.45, 7) is 5.24. The predicted molar refractivity (Wildman–Crippen MR) is 27.9 cm³/mol. The van der Waals surface area contributed by atoms with Crippen molar-refractivity contribution in [3.8, 4) is 0 Å². The quantitative estimate of drug-likeness (QED) is 0.309. The van der Waals surface area contributed by atoms with Crippen molar-refractivity contribution in [2.75, 3.05) is 6.61 Å². The predicted octanol–water partition coefficient (Wildman–Crippen LogP) is 0.667. The fourth-order valence-corrected chi connectivity index (χ4v) is 0.151. The van der Waals surface area contributed by atoms with Crippen molar-refractivity contribution in [3.05, 3.63) is 12.7 Å². The van der Waals surface area contributed by atoms with Crippen LogP contribution in [0, 0.1) is 0 Å². The third-order valence-electron chi connectivity index (χ3n) is 0.426. The van der Waals surface area contributed by atoms with Gasteiger partial charge < -0.3 is 0 Å².